The largest absolute Gasteiger partial charge is 0.337 e. The van der Waals surface area contributed by atoms with Crippen LogP contribution in [0, 0.1) is 28.9 Å². The molecule has 1 unspecified atom stereocenters. The maximum absolute atomic E-state index is 14.6. The number of nitrogens with zero attached hydrogens (tertiary/aromatic N) is 4. The maximum Gasteiger partial charge on any atom is 0.231 e. The third kappa shape index (κ3) is 4.44. The summed E-state index contributed by atoms with van der Waals surface area (Å²) in [7, 11) is 0. The molecule has 0 spiro atoms. The van der Waals surface area contributed by atoms with Crippen molar-refractivity contribution in [1.82, 2.24) is 20.1 Å². The van der Waals surface area contributed by atoms with Crippen LogP contribution in [-0.2, 0) is 4.79 Å². The summed E-state index contributed by atoms with van der Waals surface area (Å²) < 4.78 is 29.5. The number of carbonyl (C=O) groups is 1. The number of hydrogen-bond donors (Lipinski definition) is 1. The van der Waals surface area contributed by atoms with Gasteiger partial charge in [-0.2, -0.15) is 5.26 Å². The second-order valence-corrected chi connectivity index (χ2v) is 8.47. The quantitative estimate of drug-likeness (QED) is 0.560. The number of rotatable bonds is 7. The minimum Gasteiger partial charge on any atom is -0.337 e. The Labute approximate surface area is 182 Å². The molecule has 0 saturated heterocycles. The first kappa shape index (κ1) is 21.0. The van der Waals surface area contributed by atoms with Crippen LogP contribution in [0.5, 0.6) is 0 Å². The molecule has 1 amide bonds. The van der Waals surface area contributed by atoms with Gasteiger partial charge in [-0.05, 0) is 37.8 Å². The van der Waals surface area contributed by atoms with Crippen LogP contribution in [0.1, 0.15) is 19.8 Å². The lowest BCUT2D eigenvalue weighted by Gasteiger charge is -2.22. The molecule has 1 heterocycles. The Morgan fingerprint density at radius 1 is 1.26 bits per heavy atom. The van der Waals surface area contributed by atoms with Crippen molar-refractivity contribution >= 4 is 17.7 Å². The molecule has 4 rings (SSSR count). The van der Waals surface area contributed by atoms with Crippen molar-refractivity contribution in [1.29, 1.82) is 5.26 Å². The first-order chi connectivity index (χ1) is 14.9. The van der Waals surface area contributed by atoms with E-state index in [0.717, 1.165) is 36.7 Å². The van der Waals surface area contributed by atoms with Gasteiger partial charge >= 0.3 is 0 Å². The molecule has 0 radical (unpaired) electrons. The smallest absolute Gasteiger partial charge is 0.231 e. The normalized spacial score (nSPS) is 15.2. The molecule has 0 aliphatic heterocycles. The third-order valence-electron chi connectivity index (χ3n) is 5.17. The molecule has 0 bridgehead atoms. The van der Waals surface area contributed by atoms with E-state index in [1.165, 1.54) is 10.6 Å². The fourth-order valence-electron chi connectivity index (χ4n) is 3.36. The van der Waals surface area contributed by atoms with E-state index in [1.807, 2.05) is 18.2 Å². The van der Waals surface area contributed by atoms with E-state index in [2.05, 4.69) is 21.6 Å². The van der Waals surface area contributed by atoms with Crippen molar-refractivity contribution in [2.45, 2.75) is 30.5 Å². The molecule has 2 aromatic carbocycles. The Balaban J connectivity index is 1.63. The van der Waals surface area contributed by atoms with E-state index >= 15 is 0 Å². The van der Waals surface area contributed by atoms with Crippen molar-refractivity contribution in [3.05, 3.63) is 60.2 Å². The predicted octanol–water partition coefficient (Wildman–Crippen LogP) is 4.11. The number of thioether (sulfide) groups is 1. The number of benzene rings is 2. The Morgan fingerprint density at radius 3 is 2.65 bits per heavy atom. The number of nitriles is 1. The van der Waals surface area contributed by atoms with Crippen LogP contribution in [0.3, 0.4) is 0 Å². The zero-order chi connectivity index (χ0) is 22.0. The topological polar surface area (TPSA) is 83.6 Å². The molecule has 1 N–H and O–H groups in total. The van der Waals surface area contributed by atoms with Crippen molar-refractivity contribution in [3.8, 4) is 23.1 Å². The van der Waals surface area contributed by atoms with Gasteiger partial charge in [0.25, 0.3) is 0 Å². The van der Waals surface area contributed by atoms with E-state index in [1.54, 1.807) is 19.1 Å². The molecule has 1 aliphatic carbocycles. The van der Waals surface area contributed by atoms with E-state index in [0.29, 0.717) is 11.4 Å². The zero-order valence-corrected chi connectivity index (χ0v) is 17.5. The van der Waals surface area contributed by atoms with Crippen molar-refractivity contribution in [3.63, 3.8) is 0 Å². The molecule has 1 aliphatic rings. The number of aromatic nitrogens is 3. The first-order valence-corrected chi connectivity index (χ1v) is 10.7. The zero-order valence-electron chi connectivity index (χ0n) is 16.7. The summed E-state index contributed by atoms with van der Waals surface area (Å²) in [4.78, 5) is 12.5. The van der Waals surface area contributed by atoms with Crippen LogP contribution in [0.25, 0.3) is 17.1 Å². The molecule has 1 atom stereocenters. The Morgan fingerprint density at radius 2 is 2.00 bits per heavy atom. The maximum atomic E-state index is 14.6. The monoisotopic (exact) mass is 439 g/mol. The van der Waals surface area contributed by atoms with E-state index < -0.39 is 17.2 Å². The van der Waals surface area contributed by atoms with Gasteiger partial charge in [0, 0.05) is 11.6 Å². The average Bonchev–Trinajstić information content (AvgIpc) is 3.54. The summed E-state index contributed by atoms with van der Waals surface area (Å²) in [5, 5.41) is 20.8. The average molecular weight is 439 g/mol. The fourth-order valence-corrected chi connectivity index (χ4v) is 4.10. The number of hydrogen-bond acceptors (Lipinski definition) is 5. The van der Waals surface area contributed by atoms with E-state index in [4.69, 9.17) is 0 Å². The molecule has 1 saturated carbocycles. The molecular formula is C22H19F2N5OS. The van der Waals surface area contributed by atoms with Gasteiger partial charge in [0.2, 0.25) is 5.91 Å². The van der Waals surface area contributed by atoms with Crippen molar-refractivity contribution in [2.75, 3.05) is 5.75 Å². The lowest BCUT2D eigenvalue weighted by atomic mass is 9.98. The molecule has 31 heavy (non-hydrogen) atoms. The van der Waals surface area contributed by atoms with Crippen LogP contribution in [0.4, 0.5) is 8.78 Å². The summed E-state index contributed by atoms with van der Waals surface area (Å²) in [6.45, 7) is 1.72. The molecule has 1 aromatic heterocycles. The highest BCUT2D eigenvalue weighted by Crippen LogP contribution is 2.39. The third-order valence-corrected chi connectivity index (χ3v) is 6.10. The van der Waals surface area contributed by atoms with Gasteiger partial charge in [0.1, 0.15) is 17.2 Å². The molecular weight excluding hydrogens is 420 g/mol. The Hall–Kier alpha value is -3.25. The van der Waals surface area contributed by atoms with Crippen LogP contribution >= 0.6 is 11.8 Å². The van der Waals surface area contributed by atoms with Gasteiger partial charge in [-0.1, -0.05) is 42.1 Å². The highest BCUT2D eigenvalue weighted by Gasteiger charge is 2.43. The van der Waals surface area contributed by atoms with Crippen molar-refractivity contribution in [2.24, 2.45) is 5.92 Å². The Kier molecular flexibility index (Phi) is 5.74. The standard InChI is InChI=1S/C22H19F2N5OS/c1-22(13-25,15-7-8-15)26-19(30)12-31-21-28-27-20(14-5-3-2-4-6-14)29(21)18-10-9-16(23)11-17(18)24/h2-6,9-11,15H,7-8,12H2,1H3,(H,26,30). The van der Waals surface area contributed by atoms with Crippen LogP contribution in [0.15, 0.2) is 53.7 Å². The second kappa shape index (κ2) is 8.47. The lowest BCUT2D eigenvalue weighted by molar-refractivity contribution is -0.119. The summed E-state index contributed by atoms with van der Waals surface area (Å²) >= 11 is 1.07. The highest BCUT2D eigenvalue weighted by atomic mass is 32.2. The number of nitrogens with one attached hydrogen (secondary N) is 1. The first-order valence-electron chi connectivity index (χ1n) is 9.72. The molecule has 3 aromatic rings. The SMILES string of the molecule is CC(C#N)(NC(=O)CSc1nnc(-c2ccccc2)n1-c1ccc(F)cc1F)C1CC1. The molecule has 158 valence electrons. The molecule has 9 heteroatoms. The van der Waals surface area contributed by atoms with Gasteiger partial charge in [-0.15, -0.1) is 10.2 Å². The van der Waals surface area contributed by atoms with E-state index in [9.17, 15) is 18.8 Å². The van der Waals surface area contributed by atoms with Crippen molar-refractivity contribution < 1.29 is 13.6 Å². The van der Waals surface area contributed by atoms with E-state index in [-0.39, 0.29) is 28.4 Å². The summed E-state index contributed by atoms with van der Waals surface area (Å²) in [5.41, 5.74) is -0.127. The van der Waals surface area contributed by atoms with Gasteiger partial charge in [0.05, 0.1) is 17.5 Å². The van der Waals surface area contributed by atoms with Gasteiger partial charge in [-0.25, -0.2) is 8.78 Å². The van der Waals surface area contributed by atoms with Crippen LogP contribution < -0.4 is 5.32 Å². The van der Waals surface area contributed by atoms with Gasteiger partial charge in [-0.3, -0.25) is 9.36 Å². The van der Waals surface area contributed by atoms with Crippen LogP contribution in [-0.4, -0.2) is 32.0 Å². The minimum absolute atomic E-state index is 0.0280. The summed E-state index contributed by atoms with van der Waals surface area (Å²) in [6, 6.07) is 14.5. The second-order valence-electron chi connectivity index (χ2n) is 7.53. The number of carbonyl (C=O) groups excluding carboxylic acids is 1. The molecule has 1 fully saturated rings. The molecule has 6 nitrogen and oxygen atoms in total. The highest BCUT2D eigenvalue weighted by molar-refractivity contribution is 7.99. The summed E-state index contributed by atoms with van der Waals surface area (Å²) in [6.07, 6.45) is 1.83. The van der Waals surface area contributed by atoms with Gasteiger partial charge < -0.3 is 5.32 Å². The number of amides is 1. The van der Waals surface area contributed by atoms with Crippen LogP contribution in [0.2, 0.25) is 0 Å². The minimum atomic E-state index is -0.899. The Bertz CT molecular complexity index is 1160. The number of halogens is 2. The lowest BCUT2D eigenvalue weighted by Crippen LogP contribution is -2.47. The summed E-state index contributed by atoms with van der Waals surface area (Å²) in [5.74, 6) is -1.29. The predicted molar refractivity (Wildman–Crippen MR) is 112 cm³/mol. The fraction of sp³-hybridized carbons (Fsp3) is 0.273. The van der Waals surface area contributed by atoms with Gasteiger partial charge in [0.15, 0.2) is 11.0 Å².